The molecule has 0 aliphatic rings. The number of ether oxygens (including phenoxy) is 2. The van der Waals surface area contributed by atoms with Crippen molar-refractivity contribution in [2.75, 3.05) is 13.7 Å². The molecule has 0 bridgehead atoms. The molecule has 0 aliphatic carbocycles. The summed E-state index contributed by atoms with van der Waals surface area (Å²) >= 11 is 0. The first kappa shape index (κ1) is 20.5. The first-order valence-corrected chi connectivity index (χ1v) is 8.79. The molecule has 0 radical (unpaired) electrons. The second-order valence-electron chi connectivity index (χ2n) is 8.15. The van der Waals surface area contributed by atoms with Crippen LogP contribution in [-0.2, 0) is 14.9 Å². The summed E-state index contributed by atoms with van der Waals surface area (Å²) in [6, 6.07) is 8.00. The minimum absolute atomic E-state index is 0.153. The van der Waals surface area contributed by atoms with Gasteiger partial charge in [0.05, 0.1) is 19.1 Å². The number of benzene rings is 1. The van der Waals surface area contributed by atoms with Crippen LogP contribution >= 0.6 is 0 Å². The average molecular weight is 335 g/mol. The number of methoxy groups -OCH3 is 1. The molecule has 0 aromatic heterocycles. The van der Waals surface area contributed by atoms with Crippen molar-refractivity contribution >= 4 is 5.97 Å². The summed E-state index contributed by atoms with van der Waals surface area (Å²) in [6.45, 7) is 17.1. The summed E-state index contributed by atoms with van der Waals surface area (Å²) in [6.07, 6.45) is 0. The molecule has 0 fully saturated rings. The van der Waals surface area contributed by atoms with E-state index in [0.717, 1.165) is 11.3 Å². The normalized spacial score (nSPS) is 17.1. The third kappa shape index (κ3) is 3.05. The fraction of sp³-hybridized carbons (Fsp3) is 0.667. The zero-order valence-corrected chi connectivity index (χ0v) is 16.8. The lowest BCUT2D eigenvalue weighted by Gasteiger charge is -2.54. The Morgan fingerprint density at radius 3 is 2.04 bits per heavy atom. The van der Waals surface area contributed by atoms with Crippen LogP contribution in [0, 0.1) is 16.7 Å². The highest BCUT2D eigenvalue weighted by atomic mass is 16.5. The van der Waals surface area contributed by atoms with E-state index in [-0.39, 0.29) is 17.3 Å². The van der Waals surface area contributed by atoms with E-state index in [2.05, 4.69) is 47.6 Å². The van der Waals surface area contributed by atoms with Gasteiger partial charge in [0, 0.05) is 11.0 Å². The molecule has 2 unspecified atom stereocenters. The van der Waals surface area contributed by atoms with Gasteiger partial charge in [0.2, 0.25) is 0 Å². The summed E-state index contributed by atoms with van der Waals surface area (Å²) in [4.78, 5) is 13.2. The number of para-hydroxylation sites is 1. The summed E-state index contributed by atoms with van der Waals surface area (Å²) in [5, 5.41) is 0. The maximum atomic E-state index is 13.2. The van der Waals surface area contributed by atoms with Gasteiger partial charge in [-0.2, -0.15) is 0 Å². The standard InChI is InChI=1S/C21H34O3/c1-10-24-18(22)21(8,19(4,5)6)20(7,15(2)3)16-13-11-12-14-17(16)23-9/h11-15H,10H2,1-9H3. The lowest BCUT2D eigenvalue weighted by molar-refractivity contribution is -0.171. The van der Waals surface area contributed by atoms with Crippen LogP contribution in [-0.4, -0.2) is 19.7 Å². The second kappa shape index (κ2) is 7.16. The second-order valence-corrected chi connectivity index (χ2v) is 8.15. The molecular weight excluding hydrogens is 300 g/mol. The van der Waals surface area contributed by atoms with Crippen LogP contribution in [0.15, 0.2) is 24.3 Å². The number of hydrogen-bond acceptors (Lipinski definition) is 3. The lowest BCUT2D eigenvalue weighted by atomic mass is 9.48. The van der Waals surface area contributed by atoms with Crippen LogP contribution in [0.1, 0.15) is 61.0 Å². The van der Waals surface area contributed by atoms with Crippen molar-refractivity contribution in [3.8, 4) is 5.75 Å². The Bertz CT molecular complexity index is 571. The predicted octanol–water partition coefficient (Wildman–Crippen LogP) is 5.22. The molecular formula is C21H34O3. The topological polar surface area (TPSA) is 35.5 Å². The van der Waals surface area contributed by atoms with Gasteiger partial charge in [-0.3, -0.25) is 4.79 Å². The molecule has 0 saturated heterocycles. The molecule has 3 heteroatoms. The third-order valence-corrected chi connectivity index (χ3v) is 6.04. The van der Waals surface area contributed by atoms with Gasteiger partial charge in [0.15, 0.2) is 0 Å². The van der Waals surface area contributed by atoms with E-state index >= 15 is 0 Å². The van der Waals surface area contributed by atoms with Gasteiger partial charge in [0.25, 0.3) is 0 Å². The van der Waals surface area contributed by atoms with Gasteiger partial charge >= 0.3 is 5.97 Å². The highest BCUT2D eigenvalue weighted by Gasteiger charge is 2.60. The molecule has 0 heterocycles. The van der Waals surface area contributed by atoms with Crippen molar-refractivity contribution in [2.24, 2.45) is 16.7 Å². The van der Waals surface area contributed by atoms with Crippen molar-refractivity contribution in [2.45, 2.75) is 60.8 Å². The number of hydrogen-bond donors (Lipinski definition) is 0. The Balaban J connectivity index is 3.79. The summed E-state index contributed by atoms with van der Waals surface area (Å²) in [7, 11) is 1.68. The predicted molar refractivity (Wildman–Crippen MR) is 99.4 cm³/mol. The van der Waals surface area contributed by atoms with E-state index in [4.69, 9.17) is 9.47 Å². The van der Waals surface area contributed by atoms with E-state index < -0.39 is 10.8 Å². The van der Waals surface area contributed by atoms with Crippen LogP contribution in [0.4, 0.5) is 0 Å². The monoisotopic (exact) mass is 334 g/mol. The number of rotatable bonds is 6. The molecule has 24 heavy (non-hydrogen) atoms. The van der Waals surface area contributed by atoms with Crippen molar-refractivity contribution in [1.82, 2.24) is 0 Å². The summed E-state index contributed by atoms with van der Waals surface area (Å²) < 4.78 is 11.2. The fourth-order valence-corrected chi connectivity index (χ4v) is 3.80. The average Bonchev–Trinajstić information content (AvgIpc) is 2.51. The Morgan fingerprint density at radius 1 is 1.08 bits per heavy atom. The van der Waals surface area contributed by atoms with Crippen LogP contribution in [0.5, 0.6) is 5.75 Å². The van der Waals surface area contributed by atoms with E-state index in [1.54, 1.807) is 7.11 Å². The highest BCUT2D eigenvalue weighted by molar-refractivity contribution is 5.80. The van der Waals surface area contributed by atoms with Crippen LogP contribution < -0.4 is 4.74 Å². The van der Waals surface area contributed by atoms with Crippen LogP contribution in [0.3, 0.4) is 0 Å². The quantitative estimate of drug-likeness (QED) is 0.669. The zero-order chi connectivity index (χ0) is 18.8. The number of carbonyl (C=O) groups is 1. The molecule has 1 rings (SSSR count). The first-order chi connectivity index (χ1) is 11.0. The molecule has 0 spiro atoms. The van der Waals surface area contributed by atoms with Crippen molar-refractivity contribution in [3.63, 3.8) is 0 Å². The third-order valence-electron chi connectivity index (χ3n) is 6.04. The van der Waals surface area contributed by atoms with Gasteiger partial charge in [-0.05, 0) is 31.2 Å². The summed E-state index contributed by atoms with van der Waals surface area (Å²) in [5.41, 5.74) is -0.421. The zero-order valence-electron chi connectivity index (χ0n) is 16.8. The maximum Gasteiger partial charge on any atom is 0.313 e. The Kier molecular flexibility index (Phi) is 6.13. The fourth-order valence-electron chi connectivity index (χ4n) is 3.80. The molecule has 0 aliphatic heterocycles. The molecule has 3 nitrogen and oxygen atoms in total. The smallest absolute Gasteiger partial charge is 0.313 e. The van der Waals surface area contributed by atoms with E-state index in [9.17, 15) is 4.79 Å². The van der Waals surface area contributed by atoms with Crippen LogP contribution in [0.25, 0.3) is 0 Å². The minimum Gasteiger partial charge on any atom is -0.496 e. The van der Waals surface area contributed by atoms with Gasteiger partial charge in [-0.25, -0.2) is 0 Å². The van der Waals surface area contributed by atoms with E-state index in [1.807, 2.05) is 32.0 Å². The Hall–Kier alpha value is -1.51. The molecule has 1 aromatic carbocycles. The van der Waals surface area contributed by atoms with Crippen molar-refractivity contribution < 1.29 is 14.3 Å². The summed E-state index contributed by atoms with van der Waals surface area (Å²) in [5.74, 6) is 0.871. The largest absolute Gasteiger partial charge is 0.496 e. The molecule has 0 amide bonds. The SMILES string of the molecule is CCOC(=O)C(C)(C(C)(C)C)C(C)(c1ccccc1OC)C(C)C. The maximum absolute atomic E-state index is 13.2. The molecule has 1 aromatic rings. The van der Waals surface area contributed by atoms with Gasteiger partial charge in [-0.1, -0.05) is 59.7 Å². The van der Waals surface area contributed by atoms with Gasteiger partial charge < -0.3 is 9.47 Å². The van der Waals surface area contributed by atoms with E-state index in [1.165, 1.54) is 0 Å². The Labute approximate surface area is 147 Å². The van der Waals surface area contributed by atoms with Gasteiger partial charge in [0.1, 0.15) is 5.75 Å². The minimum atomic E-state index is -0.723. The number of carbonyl (C=O) groups excluding carboxylic acids is 1. The first-order valence-electron chi connectivity index (χ1n) is 8.79. The van der Waals surface area contributed by atoms with Crippen molar-refractivity contribution in [1.29, 1.82) is 0 Å². The Morgan fingerprint density at radius 2 is 1.62 bits per heavy atom. The van der Waals surface area contributed by atoms with E-state index in [0.29, 0.717) is 6.61 Å². The van der Waals surface area contributed by atoms with Crippen molar-refractivity contribution in [3.05, 3.63) is 29.8 Å². The molecule has 0 N–H and O–H groups in total. The molecule has 2 atom stereocenters. The highest BCUT2D eigenvalue weighted by Crippen LogP contribution is 2.58. The molecule has 0 saturated carbocycles. The van der Waals surface area contributed by atoms with Gasteiger partial charge in [-0.15, -0.1) is 0 Å². The lowest BCUT2D eigenvalue weighted by Crippen LogP contribution is -2.58. The number of esters is 1. The molecule has 136 valence electrons. The van der Waals surface area contributed by atoms with Crippen LogP contribution in [0.2, 0.25) is 0 Å².